The van der Waals surface area contributed by atoms with Crippen molar-refractivity contribution in [3.05, 3.63) is 47.7 Å². The predicted octanol–water partition coefficient (Wildman–Crippen LogP) is 1.49. The molecule has 0 aliphatic heterocycles. The summed E-state index contributed by atoms with van der Waals surface area (Å²) in [5.74, 6) is 0.566. The van der Waals surface area contributed by atoms with E-state index in [1.807, 2.05) is 38.2 Å². The third-order valence-corrected chi connectivity index (χ3v) is 2.34. The monoisotopic (exact) mass is 230 g/mol. The molecule has 2 rings (SSSR count). The molecule has 0 atom stereocenters. The van der Waals surface area contributed by atoms with Crippen molar-refractivity contribution in [2.75, 3.05) is 5.43 Å². The number of rotatable bonds is 3. The molecular formula is C12H14N4O. The summed E-state index contributed by atoms with van der Waals surface area (Å²) in [4.78, 5) is 11.7. The molecular weight excluding hydrogens is 216 g/mol. The van der Waals surface area contributed by atoms with E-state index >= 15 is 0 Å². The number of hydrazine groups is 1. The molecule has 0 bridgehead atoms. The second-order valence-corrected chi connectivity index (χ2v) is 3.74. The summed E-state index contributed by atoms with van der Waals surface area (Å²) in [6.07, 6.45) is 0. The lowest BCUT2D eigenvalue weighted by Gasteiger charge is -2.07. The van der Waals surface area contributed by atoms with E-state index in [2.05, 4.69) is 16.0 Å². The Morgan fingerprint density at radius 3 is 2.59 bits per heavy atom. The average Bonchev–Trinajstić information content (AvgIpc) is 2.66. The van der Waals surface area contributed by atoms with Gasteiger partial charge in [0.05, 0.1) is 5.69 Å². The van der Waals surface area contributed by atoms with Crippen LogP contribution >= 0.6 is 0 Å². The van der Waals surface area contributed by atoms with Gasteiger partial charge in [-0.2, -0.15) is 5.10 Å². The van der Waals surface area contributed by atoms with Gasteiger partial charge in [-0.1, -0.05) is 18.2 Å². The Balaban J connectivity index is 1.99. The van der Waals surface area contributed by atoms with Crippen LogP contribution in [0.5, 0.6) is 0 Å². The summed E-state index contributed by atoms with van der Waals surface area (Å²) in [5.41, 5.74) is 6.96. The first-order valence-electron chi connectivity index (χ1n) is 5.29. The van der Waals surface area contributed by atoms with Gasteiger partial charge < -0.3 is 0 Å². The SMILES string of the molecule is Cc1cc(NNC(=O)c2ccccc2)n(C)n1. The molecule has 1 amide bonds. The Labute approximate surface area is 99.4 Å². The fourth-order valence-corrected chi connectivity index (χ4v) is 1.51. The van der Waals surface area contributed by atoms with Gasteiger partial charge in [-0.3, -0.25) is 20.3 Å². The van der Waals surface area contributed by atoms with Gasteiger partial charge in [0.1, 0.15) is 5.82 Å². The van der Waals surface area contributed by atoms with Crippen LogP contribution < -0.4 is 10.9 Å². The Morgan fingerprint density at radius 2 is 2.00 bits per heavy atom. The predicted molar refractivity (Wildman–Crippen MR) is 65.5 cm³/mol. The lowest BCUT2D eigenvalue weighted by molar-refractivity contribution is 0.0962. The molecule has 0 aliphatic rings. The second kappa shape index (κ2) is 4.69. The first-order valence-corrected chi connectivity index (χ1v) is 5.29. The van der Waals surface area contributed by atoms with Gasteiger partial charge in [0.2, 0.25) is 0 Å². The van der Waals surface area contributed by atoms with Gasteiger partial charge in [-0.05, 0) is 19.1 Å². The van der Waals surface area contributed by atoms with E-state index in [4.69, 9.17) is 0 Å². The van der Waals surface area contributed by atoms with E-state index in [0.717, 1.165) is 11.5 Å². The molecule has 0 spiro atoms. The maximum absolute atomic E-state index is 11.7. The zero-order valence-electron chi connectivity index (χ0n) is 9.77. The number of benzene rings is 1. The first kappa shape index (κ1) is 11.2. The summed E-state index contributed by atoms with van der Waals surface area (Å²) in [7, 11) is 1.81. The highest BCUT2D eigenvalue weighted by molar-refractivity contribution is 5.94. The molecule has 5 nitrogen and oxygen atoms in total. The van der Waals surface area contributed by atoms with Crippen LogP contribution in [0.2, 0.25) is 0 Å². The van der Waals surface area contributed by atoms with E-state index < -0.39 is 0 Å². The van der Waals surface area contributed by atoms with Crippen LogP contribution in [0.3, 0.4) is 0 Å². The molecule has 0 aliphatic carbocycles. The van der Waals surface area contributed by atoms with E-state index in [1.165, 1.54) is 0 Å². The van der Waals surface area contributed by atoms with E-state index in [9.17, 15) is 4.79 Å². The number of anilines is 1. The Bertz CT molecular complexity index is 519. The van der Waals surface area contributed by atoms with Gasteiger partial charge in [0, 0.05) is 18.7 Å². The van der Waals surface area contributed by atoms with Crippen molar-refractivity contribution in [2.45, 2.75) is 6.92 Å². The van der Waals surface area contributed by atoms with Crippen LogP contribution in [0, 0.1) is 6.92 Å². The van der Waals surface area contributed by atoms with Crippen LogP contribution in [0.1, 0.15) is 16.1 Å². The number of aryl methyl sites for hydroxylation is 2. The average molecular weight is 230 g/mol. The molecule has 0 unspecified atom stereocenters. The number of hydrogen-bond acceptors (Lipinski definition) is 3. The summed E-state index contributed by atoms with van der Waals surface area (Å²) in [6, 6.07) is 10.9. The van der Waals surface area contributed by atoms with Crippen LogP contribution in [-0.4, -0.2) is 15.7 Å². The number of aromatic nitrogens is 2. The number of nitrogens with one attached hydrogen (secondary N) is 2. The van der Waals surface area contributed by atoms with Crippen molar-refractivity contribution in [2.24, 2.45) is 7.05 Å². The second-order valence-electron chi connectivity index (χ2n) is 3.74. The van der Waals surface area contributed by atoms with Crippen molar-refractivity contribution in [1.29, 1.82) is 0 Å². The highest BCUT2D eigenvalue weighted by Crippen LogP contribution is 2.06. The van der Waals surface area contributed by atoms with Gasteiger partial charge in [-0.15, -0.1) is 0 Å². The molecule has 88 valence electrons. The number of nitrogens with zero attached hydrogens (tertiary/aromatic N) is 2. The quantitative estimate of drug-likeness (QED) is 0.785. The summed E-state index contributed by atoms with van der Waals surface area (Å²) in [5, 5.41) is 4.16. The maximum atomic E-state index is 11.7. The molecule has 0 saturated carbocycles. The normalized spacial score (nSPS) is 10.0. The lowest BCUT2D eigenvalue weighted by Crippen LogP contribution is -2.30. The molecule has 0 saturated heterocycles. The third-order valence-electron chi connectivity index (χ3n) is 2.34. The van der Waals surface area contributed by atoms with Crippen molar-refractivity contribution < 1.29 is 4.79 Å². The summed E-state index contributed by atoms with van der Waals surface area (Å²) >= 11 is 0. The van der Waals surface area contributed by atoms with Crippen molar-refractivity contribution in [3.63, 3.8) is 0 Å². The van der Waals surface area contributed by atoms with Crippen molar-refractivity contribution >= 4 is 11.7 Å². The highest BCUT2D eigenvalue weighted by atomic mass is 16.2. The maximum Gasteiger partial charge on any atom is 0.269 e. The van der Waals surface area contributed by atoms with Crippen LogP contribution in [0.25, 0.3) is 0 Å². The van der Waals surface area contributed by atoms with Gasteiger partial charge in [0.15, 0.2) is 0 Å². The fourth-order valence-electron chi connectivity index (χ4n) is 1.51. The minimum absolute atomic E-state index is 0.176. The van der Waals surface area contributed by atoms with Crippen LogP contribution in [0.4, 0.5) is 5.82 Å². The van der Waals surface area contributed by atoms with Crippen molar-refractivity contribution in [1.82, 2.24) is 15.2 Å². The third kappa shape index (κ3) is 2.63. The molecule has 0 fully saturated rings. The van der Waals surface area contributed by atoms with Crippen molar-refractivity contribution in [3.8, 4) is 0 Å². The molecule has 0 radical (unpaired) electrons. The minimum Gasteiger partial charge on any atom is -0.282 e. The van der Waals surface area contributed by atoms with Crippen LogP contribution in [-0.2, 0) is 7.05 Å². The summed E-state index contributed by atoms with van der Waals surface area (Å²) in [6.45, 7) is 1.89. The smallest absolute Gasteiger partial charge is 0.269 e. The first-order chi connectivity index (χ1) is 8.16. The summed E-state index contributed by atoms with van der Waals surface area (Å²) < 4.78 is 1.67. The number of carbonyl (C=O) groups is 1. The van der Waals surface area contributed by atoms with E-state index in [1.54, 1.807) is 16.8 Å². The Kier molecular flexibility index (Phi) is 3.09. The zero-order chi connectivity index (χ0) is 12.3. The Hall–Kier alpha value is -2.30. The van der Waals surface area contributed by atoms with E-state index in [-0.39, 0.29) is 5.91 Å². The fraction of sp³-hybridized carbons (Fsp3) is 0.167. The molecule has 1 aromatic heterocycles. The topological polar surface area (TPSA) is 58.9 Å². The molecule has 2 aromatic rings. The Morgan fingerprint density at radius 1 is 1.29 bits per heavy atom. The number of carbonyl (C=O) groups excluding carboxylic acids is 1. The molecule has 17 heavy (non-hydrogen) atoms. The standard InChI is InChI=1S/C12H14N4O/c1-9-8-11(16(2)15-9)13-14-12(17)10-6-4-3-5-7-10/h3-8,13H,1-2H3,(H,14,17). The lowest BCUT2D eigenvalue weighted by atomic mass is 10.2. The number of amides is 1. The molecule has 1 aromatic carbocycles. The number of hydrogen-bond donors (Lipinski definition) is 2. The van der Waals surface area contributed by atoms with Gasteiger partial charge in [-0.25, -0.2) is 0 Å². The van der Waals surface area contributed by atoms with Gasteiger partial charge >= 0.3 is 0 Å². The molecule has 1 heterocycles. The van der Waals surface area contributed by atoms with E-state index in [0.29, 0.717) is 5.56 Å². The van der Waals surface area contributed by atoms with Crippen LogP contribution in [0.15, 0.2) is 36.4 Å². The molecule has 2 N–H and O–H groups in total. The minimum atomic E-state index is -0.176. The van der Waals surface area contributed by atoms with Gasteiger partial charge in [0.25, 0.3) is 5.91 Å². The highest BCUT2D eigenvalue weighted by Gasteiger charge is 2.05. The zero-order valence-corrected chi connectivity index (χ0v) is 9.77. The largest absolute Gasteiger partial charge is 0.282 e. The molecule has 5 heteroatoms.